The van der Waals surface area contributed by atoms with Crippen molar-refractivity contribution in [2.45, 2.75) is 0 Å². The van der Waals surface area contributed by atoms with Crippen molar-refractivity contribution in [2.24, 2.45) is 0 Å². The second-order valence-corrected chi connectivity index (χ2v) is 2.31. The van der Waals surface area contributed by atoms with Crippen LogP contribution in [0.5, 0.6) is 0 Å². The quantitative estimate of drug-likeness (QED) is 0.458. The first kappa shape index (κ1) is 15.6. The van der Waals surface area contributed by atoms with E-state index in [1.54, 1.807) is 0 Å². The third-order valence-electron chi connectivity index (χ3n) is 1.11. The Bertz CT molecular complexity index is 236. The minimum Gasteiger partial charge on any atom is -0.480 e. The zero-order chi connectivity index (χ0) is 10.1. The molecule has 0 saturated heterocycles. The van der Waals surface area contributed by atoms with E-state index >= 15 is 0 Å². The molecule has 0 spiro atoms. The Kier molecular flexibility index (Phi) is 11.4. The third kappa shape index (κ3) is 11.1. The number of aliphatic carboxylic acids is 1. The van der Waals surface area contributed by atoms with Crippen LogP contribution in [0.25, 0.3) is 0 Å². The maximum atomic E-state index is 9.47. The molecule has 1 aromatic rings. The van der Waals surface area contributed by atoms with Crippen LogP contribution < -0.4 is 18.9 Å². The minimum absolute atomic E-state index is 0. The fourth-order valence-electron chi connectivity index (χ4n) is 0.601. The van der Waals surface area contributed by atoms with Gasteiger partial charge in [0.15, 0.2) is 0 Å². The van der Waals surface area contributed by atoms with Gasteiger partial charge in [-0.2, -0.15) is 24.6 Å². The third-order valence-corrected chi connectivity index (χ3v) is 1.11. The predicted octanol–water partition coefficient (Wildman–Crippen LogP) is -1.41. The number of hydrogen-bond donors (Lipinski definition) is 1. The van der Waals surface area contributed by atoms with E-state index in [1.165, 1.54) is 7.11 Å². The van der Waals surface area contributed by atoms with Crippen LogP contribution in [-0.4, -0.2) is 24.8 Å². The van der Waals surface area contributed by atoms with Crippen molar-refractivity contribution >= 4 is 5.97 Å². The smallest absolute Gasteiger partial charge is 0.480 e. The molecule has 1 aromatic carbocycles. The second kappa shape index (κ2) is 10.2. The first-order valence-electron chi connectivity index (χ1n) is 3.74. The normalized spacial score (nSPS) is 7.79. The van der Waals surface area contributed by atoms with Gasteiger partial charge in [-0.1, -0.05) is 6.07 Å². The van der Waals surface area contributed by atoms with Gasteiger partial charge in [-0.05, 0) is 0 Å². The van der Waals surface area contributed by atoms with Crippen LogP contribution in [0.4, 0.5) is 0 Å². The van der Waals surface area contributed by atoms with Crippen molar-refractivity contribution in [2.75, 3.05) is 13.7 Å². The summed E-state index contributed by atoms with van der Waals surface area (Å²) in [6.07, 6.45) is 0. The molecule has 0 radical (unpaired) electrons. The van der Waals surface area contributed by atoms with Crippen molar-refractivity contribution in [3.63, 3.8) is 0 Å². The van der Waals surface area contributed by atoms with Crippen molar-refractivity contribution in [1.29, 1.82) is 0 Å². The van der Waals surface area contributed by atoms with E-state index < -0.39 is 5.97 Å². The molecule has 3 nitrogen and oxygen atoms in total. The van der Waals surface area contributed by atoms with Gasteiger partial charge in [0.2, 0.25) is 0 Å². The van der Waals surface area contributed by atoms with E-state index in [0.29, 0.717) is 0 Å². The van der Waals surface area contributed by atoms with E-state index in [0.717, 1.165) is 5.56 Å². The molecular formula is C10H13LiO3. The van der Waals surface area contributed by atoms with Gasteiger partial charge in [-0.15, -0.1) is 12.1 Å². The molecular weight excluding hydrogens is 175 g/mol. The molecule has 0 fully saturated rings. The molecule has 72 valence electrons. The fraction of sp³-hybridized carbons (Fsp3) is 0.200. The summed E-state index contributed by atoms with van der Waals surface area (Å²) in [4.78, 5) is 9.47. The SMILES string of the molecule is COCC(=O)O.[CH2-]c1ccccc1.[Li+]. The molecule has 0 aliphatic carbocycles. The molecule has 0 aromatic heterocycles. The average molecular weight is 188 g/mol. The summed E-state index contributed by atoms with van der Waals surface area (Å²) in [6.45, 7) is 3.51. The molecule has 4 heteroatoms. The Labute approximate surface area is 96.3 Å². The van der Waals surface area contributed by atoms with E-state index in [2.05, 4.69) is 11.7 Å². The molecule has 0 heterocycles. The summed E-state index contributed by atoms with van der Waals surface area (Å²) in [5, 5.41) is 7.79. The number of benzene rings is 1. The predicted molar refractivity (Wildman–Crippen MR) is 50.4 cm³/mol. The minimum atomic E-state index is -0.933. The largest absolute Gasteiger partial charge is 1.00 e. The van der Waals surface area contributed by atoms with Gasteiger partial charge in [0.05, 0.1) is 0 Å². The fourth-order valence-corrected chi connectivity index (χ4v) is 0.601. The maximum Gasteiger partial charge on any atom is 1.00 e. The van der Waals surface area contributed by atoms with Gasteiger partial charge in [0, 0.05) is 7.11 Å². The zero-order valence-electron chi connectivity index (χ0n) is 8.56. The Morgan fingerprint density at radius 1 is 1.43 bits per heavy atom. The number of ether oxygens (including phenoxy) is 1. The summed E-state index contributed by atoms with van der Waals surface area (Å²) in [7, 11) is 1.34. The second-order valence-electron chi connectivity index (χ2n) is 2.31. The van der Waals surface area contributed by atoms with Crippen LogP contribution in [0.1, 0.15) is 5.56 Å². The molecule has 14 heavy (non-hydrogen) atoms. The average Bonchev–Trinajstić information content (AvgIpc) is 2.06. The Morgan fingerprint density at radius 3 is 2.07 bits per heavy atom. The summed E-state index contributed by atoms with van der Waals surface area (Å²) in [5.41, 5.74) is 1.07. The number of carbonyl (C=O) groups is 1. The van der Waals surface area contributed by atoms with E-state index in [4.69, 9.17) is 5.11 Å². The summed E-state index contributed by atoms with van der Waals surface area (Å²) in [6, 6.07) is 9.87. The Hall–Kier alpha value is -0.883. The number of carboxylic acids is 1. The zero-order valence-corrected chi connectivity index (χ0v) is 8.56. The first-order chi connectivity index (χ1) is 6.16. The van der Waals surface area contributed by atoms with Crippen LogP contribution in [0, 0.1) is 6.92 Å². The van der Waals surface area contributed by atoms with Crippen LogP contribution >= 0.6 is 0 Å². The Balaban J connectivity index is 0. The van der Waals surface area contributed by atoms with Gasteiger partial charge in [0.1, 0.15) is 6.61 Å². The van der Waals surface area contributed by atoms with Gasteiger partial charge in [-0.3, -0.25) is 0 Å². The number of carboxylic acid groups (broad SMARTS) is 1. The van der Waals surface area contributed by atoms with Crippen molar-refractivity contribution in [3.05, 3.63) is 42.8 Å². The molecule has 0 atom stereocenters. The summed E-state index contributed by atoms with van der Waals surface area (Å²) >= 11 is 0. The molecule has 1 rings (SSSR count). The van der Waals surface area contributed by atoms with Gasteiger partial charge in [-0.25, -0.2) is 4.79 Å². The van der Waals surface area contributed by atoms with Crippen molar-refractivity contribution < 1.29 is 33.5 Å². The molecule has 0 aliphatic rings. The Morgan fingerprint density at radius 2 is 1.93 bits per heavy atom. The standard InChI is InChI=1S/C7H7.C3H6O3.Li/c1-7-5-3-2-4-6-7;1-6-2-3(4)5;/h2-6H,1H2;2H2,1H3,(H,4,5);/q-1;;+1. The molecule has 1 N–H and O–H groups in total. The van der Waals surface area contributed by atoms with E-state index in [9.17, 15) is 4.79 Å². The molecule has 0 unspecified atom stereocenters. The summed E-state index contributed by atoms with van der Waals surface area (Å²) in [5.74, 6) is -0.933. The van der Waals surface area contributed by atoms with Crippen molar-refractivity contribution in [3.8, 4) is 0 Å². The van der Waals surface area contributed by atoms with E-state index in [-0.39, 0.29) is 25.5 Å². The molecule has 0 saturated carbocycles. The van der Waals surface area contributed by atoms with Gasteiger partial charge < -0.3 is 9.84 Å². The number of rotatable bonds is 2. The maximum absolute atomic E-state index is 9.47. The van der Waals surface area contributed by atoms with Crippen molar-refractivity contribution in [1.82, 2.24) is 0 Å². The summed E-state index contributed by atoms with van der Waals surface area (Å²) < 4.78 is 4.20. The van der Waals surface area contributed by atoms with Crippen LogP contribution in [0.3, 0.4) is 0 Å². The first-order valence-corrected chi connectivity index (χ1v) is 3.74. The molecule has 0 aliphatic heterocycles. The monoisotopic (exact) mass is 188 g/mol. The molecule has 0 amide bonds. The van der Waals surface area contributed by atoms with Crippen LogP contribution in [-0.2, 0) is 9.53 Å². The van der Waals surface area contributed by atoms with Crippen LogP contribution in [0.2, 0.25) is 0 Å². The topological polar surface area (TPSA) is 46.5 Å². The number of methoxy groups -OCH3 is 1. The molecule has 0 bridgehead atoms. The van der Waals surface area contributed by atoms with Gasteiger partial charge >= 0.3 is 24.8 Å². The van der Waals surface area contributed by atoms with Gasteiger partial charge in [0.25, 0.3) is 0 Å². The van der Waals surface area contributed by atoms with Crippen LogP contribution in [0.15, 0.2) is 30.3 Å². The number of hydrogen-bond acceptors (Lipinski definition) is 2. The van der Waals surface area contributed by atoms with E-state index in [1.807, 2.05) is 30.3 Å².